The van der Waals surface area contributed by atoms with Crippen LogP contribution in [0.25, 0.3) is 0 Å². The molecule has 1 saturated heterocycles. The third kappa shape index (κ3) is 2.86. The van der Waals surface area contributed by atoms with E-state index in [1.54, 1.807) is 0 Å². The van der Waals surface area contributed by atoms with Crippen LogP contribution in [0.5, 0.6) is 0 Å². The van der Waals surface area contributed by atoms with E-state index < -0.39 is 11.4 Å². The predicted octanol–water partition coefficient (Wildman–Crippen LogP) is 1.99. The maximum atomic E-state index is 11.5. The van der Waals surface area contributed by atoms with E-state index in [1.165, 1.54) is 25.7 Å². The number of hydrogen-bond acceptors (Lipinski definition) is 3. The standard InChI is InChI=1S/C14H25NO3/c1-11-4-3-5-12(8-11)15(2)9-14(13(16)17)6-7-18-10-14/h11-12H,3-10H2,1-2H3,(H,16,17). The summed E-state index contributed by atoms with van der Waals surface area (Å²) in [5.41, 5.74) is -0.671. The van der Waals surface area contributed by atoms with Crippen molar-refractivity contribution in [2.24, 2.45) is 11.3 Å². The average Bonchev–Trinajstić information content (AvgIpc) is 2.79. The summed E-state index contributed by atoms with van der Waals surface area (Å²) in [6.07, 6.45) is 5.64. The smallest absolute Gasteiger partial charge is 0.313 e. The number of hydrogen-bond donors (Lipinski definition) is 1. The van der Waals surface area contributed by atoms with Crippen molar-refractivity contribution in [2.75, 3.05) is 26.8 Å². The lowest BCUT2D eigenvalue weighted by molar-refractivity contribution is -0.150. The molecule has 2 fully saturated rings. The Kier molecular flexibility index (Phi) is 4.28. The SMILES string of the molecule is CC1CCCC(N(C)CC2(C(=O)O)CCOC2)C1. The molecule has 0 radical (unpaired) electrons. The molecule has 2 rings (SSSR count). The molecule has 104 valence electrons. The third-order valence-electron chi connectivity index (χ3n) is 4.64. The van der Waals surface area contributed by atoms with Gasteiger partial charge < -0.3 is 14.7 Å². The van der Waals surface area contributed by atoms with E-state index in [0.717, 1.165) is 5.92 Å². The van der Waals surface area contributed by atoms with Gasteiger partial charge in [-0.3, -0.25) is 4.79 Å². The van der Waals surface area contributed by atoms with Crippen LogP contribution < -0.4 is 0 Å². The minimum absolute atomic E-state index is 0.370. The van der Waals surface area contributed by atoms with Crippen LogP contribution >= 0.6 is 0 Å². The maximum Gasteiger partial charge on any atom is 0.313 e. The maximum absolute atomic E-state index is 11.5. The Morgan fingerprint density at radius 3 is 2.83 bits per heavy atom. The summed E-state index contributed by atoms with van der Waals surface area (Å²) in [4.78, 5) is 13.8. The number of carboxylic acids is 1. The van der Waals surface area contributed by atoms with E-state index in [9.17, 15) is 9.90 Å². The van der Waals surface area contributed by atoms with Gasteiger partial charge in [-0.05, 0) is 32.2 Å². The molecule has 0 aromatic carbocycles. The van der Waals surface area contributed by atoms with Crippen molar-refractivity contribution >= 4 is 5.97 Å². The molecule has 3 unspecified atom stereocenters. The molecular weight excluding hydrogens is 230 g/mol. The van der Waals surface area contributed by atoms with Gasteiger partial charge >= 0.3 is 5.97 Å². The first-order chi connectivity index (χ1) is 8.53. The summed E-state index contributed by atoms with van der Waals surface area (Å²) in [7, 11) is 2.08. The largest absolute Gasteiger partial charge is 0.481 e. The molecule has 1 saturated carbocycles. The van der Waals surface area contributed by atoms with Crippen LogP contribution in [0.3, 0.4) is 0 Å². The molecule has 3 atom stereocenters. The predicted molar refractivity (Wildman–Crippen MR) is 69.6 cm³/mol. The van der Waals surface area contributed by atoms with Crippen LogP contribution in [-0.2, 0) is 9.53 Å². The van der Waals surface area contributed by atoms with Crippen LogP contribution in [0.1, 0.15) is 39.0 Å². The lowest BCUT2D eigenvalue weighted by Gasteiger charge is -2.37. The van der Waals surface area contributed by atoms with Crippen molar-refractivity contribution in [3.63, 3.8) is 0 Å². The fraction of sp³-hybridized carbons (Fsp3) is 0.929. The highest BCUT2D eigenvalue weighted by atomic mass is 16.5. The minimum Gasteiger partial charge on any atom is -0.481 e. The number of nitrogens with zero attached hydrogens (tertiary/aromatic N) is 1. The highest BCUT2D eigenvalue weighted by molar-refractivity contribution is 5.75. The van der Waals surface area contributed by atoms with Gasteiger partial charge in [0.1, 0.15) is 5.41 Å². The van der Waals surface area contributed by atoms with E-state index in [-0.39, 0.29) is 0 Å². The van der Waals surface area contributed by atoms with Gasteiger partial charge in [0.05, 0.1) is 6.61 Å². The van der Waals surface area contributed by atoms with Crippen LogP contribution in [0.15, 0.2) is 0 Å². The highest BCUT2D eigenvalue weighted by Crippen LogP contribution is 2.33. The fourth-order valence-corrected chi connectivity index (χ4v) is 3.38. The Balaban J connectivity index is 1.96. The van der Waals surface area contributed by atoms with Gasteiger partial charge in [-0.2, -0.15) is 0 Å². The normalized spacial score (nSPS) is 37.1. The second kappa shape index (κ2) is 5.57. The quantitative estimate of drug-likeness (QED) is 0.834. The van der Waals surface area contributed by atoms with Gasteiger partial charge in [0.25, 0.3) is 0 Å². The van der Waals surface area contributed by atoms with Crippen molar-refractivity contribution in [2.45, 2.75) is 45.1 Å². The Labute approximate surface area is 109 Å². The highest BCUT2D eigenvalue weighted by Gasteiger charge is 2.44. The molecule has 0 aromatic heterocycles. The first-order valence-electron chi connectivity index (χ1n) is 7.05. The lowest BCUT2D eigenvalue weighted by Crippen LogP contribution is -2.47. The number of carbonyl (C=O) groups is 1. The van der Waals surface area contributed by atoms with Crippen LogP contribution in [-0.4, -0.2) is 48.8 Å². The number of rotatable bonds is 4. The first kappa shape index (κ1) is 13.8. The fourth-order valence-electron chi connectivity index (χ4n) is 3.38. The van der Waals surface area contributed by atoms with E-state index in [0.29, 0.717) is 32.2 Å². The summed E-state index contributed by atoms with van der Waals surface area (Å²) in [6.45, 7) is 3.88. The van der Waals surface area contributed by atoms with Crippen molar-refractivity contribution in [3.05, 3.63) is 0 Å². The van der Waals surface area contributed by atoms with Gasteiger partial charge in [-0.25, -0.2) is 0 Å². The zero-order valence-electron chi connectivity index (χ0n) is 11.5. The molecule has 4 heteroatoms. The molecule has 4 nitrogen and oxygen atoms in total. The minimum atomic E-state index is -0.698. The lowest BCUT2D eigenvalue weighted by atomic mass is 9.83. The molecule has 1 aliphatic heterocycles. The molecule has 0 spiro atoms. The van der Waals surface area contributed by atoms with Gasteiger partial charge in [0, 0.05) is 19.2 Å². The molecule has 2 aliphatic rings. The molecule has 0 aromatic rings. The molecule has 1 heterocycles. The van der Waals surface area contributed by atoms with Crippen molar-refractivity contribution in [1.29, 1.82) is 0 Å². The van der Waals surface area contributed by atoms with Crippen molar-refractivity contribution < 1.29 is 14.6 Å². The summed E-state index contributed by atoms with van der Waals surface area (Å²) >= 11 is 0. The number of aliphatic carboxylic acids is 1. The molecule has 18 heavy (non-hydrogen) atoms. The number of ether oxygens (including phenoxy) is 1. The van der Waals surface area contributed by atoms with Crippen LogP contribution in [0.2, 0.25) is 0 Å². The Morgan fingerprint density at radius 2 is 2.28 bits per heavy atom. The van der Waals surface area contributed by atoms with E-state index in [2.05, 4.69) is 18.9 Å². The van der Waals surface area contributed by atoms with Crippen LogP contribution in [0, 0.1) is 11.3 Å². The molecule has 0 bridgehead atoms. The third-order valence-corrected chi connectivity index (χ3v) is 4.64. The number of carboxylic acid groups (broad SMARTS) is 1. The molecule has 1 aliphatic carbocycles. The Bertz CT molecular complexity index is 299. The summed E-state index contributed by atoms with van der Waals surface area (Å²) in [6, 6.07) is 0.547. The molecule has 1 N–H and O–H groups in total. The zero-order valence-corrected chi connectivity index (χ0v) is 11.5. The Hall–Kier alpha value is -0.610. The summed E-state index contributed by atoms with van der Waals surface area (Å²) < 4.78 is 5.32. The van der Waals surface area contributed by atoms with E-state index >= 15 is 0 Å². The van der Waals surface area contributed by atoms with Crippen LogP contribution in [0.4, 0.5) is 0 Å². The van der Waals surface area contributed by atoms with Gasteiger partial charge in [0.2, 0.25) is 0 Å². The van der Waals surface area contributed by atoms with E-state index in [4.69, 9.17) is 4.74 Å². The van der Waals surface area contributed by atoms with Gasteiger partial charge in [-0.1, -0.05) is 19.8 Å². The zero-order chi connectivity index (χ0) is 13.2. The van der Waals surface area contributed by atoms with Crippen molar-refractivity contribution in [1.82, 2.24) is 4.90 Å². The average molecular weight is 255 g/mol. The summed E-state index contributed by atoms with van der Waals surface area (Å²) in [5.74, 6) is 0.0718. The van der Waals surface area contributed by atoms with Crippen molar-refractivity contribution in [3.8, 4) is 0 Å². The molecule has 0 amide bonds. The second-order valence-electron chi connectivity index (χ2n) is 6.23. The topological polar surface area (TPSA) is 49.8 Å². The second-order valence-corrected chi connectivity index (χ2v) is 6.23. The molecular formula is C14H25NO3. The first-order valence-corrected chi connectivity index (χ1v) is 7.05. The Morgan fingerprint density at radius 1 is 1.50 bits per heavy atom. The van der Waals surface area contributed by atoms with Gasteiger partial charge in [-0.15, -0.1) is 0 Å². The van der Waals surface area contributed by atoms with E-state index in [1.807, 2.05) is 0 Å². The summed E-state index contributed by atoms with van der Waals surface area (Å²) in [5, 5.41) is 9.46. The monoisotopic (exact) mass is 255 g/mol. The van der Waals surface area contributed by atoms with Gasteiger partial charge in [0.15, 0.2) is 0 Å².